The molecule has 0 fully saturated rings. The van der Waals surface area contributed by atoms with Gasteiger partial charge in [-0.3, -0.25) is 4.79 Å². The Morgan fingerprint density at radius 3 is 2.68 bits per heavy atom. The van der Waals surface area contributed by atoms with Crippen LogP contribution in [0.2, 0.25) is 10.0 Å². The van der Waals surface area contributed by atoms with E-state index >= 15 is 0 Å². The first kappa shape index (κ1) is 14.9. The smallest absolute Gasteiger partial charge is 0.281 e. The van der Waals surface area contributed by atoms with Crippen LogP contribution in [-0.4, -0.2) is 18.7 Å². The van der Waals surface area contributed by atoms with E-state index < -0.39 is 0 Å². The summed E-state index contributed by atoms with van der Waals surface area (Å²) < 4.78 is 0. The van der Waals surface area contributed by atoms with Gasteiger partial charge in [-0.15, -0.1) is 0 Å². The highest BCUT2D eigenvalue weighted by Crippen LogP contribution is 2.32. The molecule has 1 amide bonds. The highest BCUT2D eigenvalue weighted by Gasteiger charge is 2.34. The number of para-hydroxylation sites is 1. The number of oxime groups is 1. The Balaban J connectivity index is 2.01. The maximum atomic E-state index is 12.6. The Bertz CT molecular complexity index is 774. The van der Waals surface area contributed by atoms with Gasteiger partial charge in [0.2, 0.25) is 0 Å². The summed E-state index contributed by atoms with van der Waals surface area (Å²) in [6, 6.07) is 12.7. The second-order valence-electron chi connectivity index (χ2n) is 4.77. The molecule has 6 heteroatoms. The number of rotatable bonds is 3. The number of anilines is 1. The zero-order valence-corrected chi connectivity index (χ0v) is 13.2. The molecule has 0 N–H and O–H groups in total. The highest BCUT2D eigenvalue weighted by atomic mass is 35.5. The first-order valence-electron chi connectivity index (χ1n) is 6.58. The van der Waals surface area contributed by atoms with Crippen LogP contribution in [0.5, 0.6) is 0 Å². The molecule has 0 aliphatic carbocycles. The van der Waals surface area contributed by atoms with Crippen molar-refractivity contribution in [3.8, 4) is 0 Å². The first-order chi connectivity index (χ1) is 10.6. The van der Waals surface area contributed by atoms with Gasteiger partial charge in [0.15, 0.2) is 5.71 Å². The van der Waals surface area contributed by atoms with Gasteiger partial charge in [-0.05, 0) is 23.8 Å². The lowest BCUT2D eigenvalue weighted by Gasteiger charge is -2.17. The average Bonchev–Trinajstić information content (AvgIpc) is 2.76. The molecule has 1 aliphatic heterocycles. The van der Waals surface area contributed by atoms with Crippen molar-refractivity contribution >= 4 is 40.5 Å². The number of fused-ring (bicyclic) bond motifs is 1. The SMILES string of the molecule is CO/N=C1\C(=O)N(Cc2ccc(Cl)cc2Cl)c2ccccc21. The van der Waals surface area contributed by atoms with Crippen molar-refractivity contribution in [2.75, 3.05) is 12.0 Å². The molecule has 0 radical (unpaired) electrons. The molecule has 0 saturated heterocycles. The van der Waals surface area contributed by atoms with Gasteiger partial charge in [0.05, 0.1) is 12.2 Å². The standard InChI is InChI=1S/C16H12Cl2N2O2/c1-22-19-15-12-4-2-3-5-14(12)20(16(15)21)9-10-6-7-11(17)8-13(10)18/h2-8H,9H2,1H3/b19-15-. The molecule has 0 aromatic heterocycles. The van der Waals surface area contributed by atoms with Crippen molar-refractivity contribution in [3.63, 3.8) is 0 Å². The molecule has 1 aliphatic rings. The molecule has 22 heavy (non-hydrogen) atoms. The summed E-state index contributed by atoms with van der Waals surface area (Å²) in [5.41, 5.74) is 2.64. The van der Waals surface area contributed by atoms with Crippen LogP contribution in [0.1, 0.15) is 11.1 Å². The van der Waals surface area contributed by atoms with Gasteiger partial charge in [-0.1, -0.05) is 52.6 Å². The Morgan fingerprint density at radius 2 is 1.95 bits per heavy atom. The van der Waals surface area contributed by atoms with Crippen molar-refractivity contribution in [1.29, 1.82) is 0 Å². The third-order valence-electron chi connectivity index (χ3n) is 3.42. The van der Waals surface area contributed by atoms with E-state index in [0.29, 0.717) is 22.3 Å². The Kier molecular flexibility index (Phi) is 4.05. The van der Waals surface area contributed by atoms with Crippen LogP contribution in [0.25, 0.3) is 0 Å². The van der Waals surface area contributed by atoms with Crippen LogP contribution in [0, 0.1) is 0 Å². The van der Waals surface area contributed by atoms with E-state index in [0.717, 1.165) is 16.8 Å². The van der Waals surface area contributed by atoms with Gasteiger partial charge >= 0.3 is 0 Å². The quantitative estimate of drug-likeness (QED) is 0.799. The number of halogens is 2. The number of carbonyl (C=O) groups excluding carboxylic acids is 1. The van der Waals surface area contributed by atoms with Crippen LogP contribution in [0.15, 0.2) is 47.6 Å². The Morgan fingerprint density at radius 1 is 1.18 bits per heavy atom. The number of benzene rings is 2. The van der Waals surface area contributed by atoms with E-state index in [-0.39, 0.29) is 5.91 Å². The van der Waals surface area contributed by atoms with E-state index in [1.54, 1.807) is 17.0 Å². The van der Waals surface area contributed by atoms with E-state index in [9.17, 15) is 4.79 Å². The predicted octanol–water partition coefficient (Wildman–Crippen LogP) is 3.89. The van der Waals surface area contributed by atoms with Crippen molar-refractivity contribution < 1.29 is 9.63 Å². The van der Waals surface area contributed by atoms with Crippen LogP contribution in [0.4, 0.5) is 5.69 Å². The summed E-state index contributed by atoms with van der Waals surface area (Å²) in [4.78, 5) is 19.0. The molecule has 1 heterocycles. The number of carbonyl (C=O) groups is 1. The number of hydrogen-bond donors (Lipinski definition) is 0. The molecule has 0 bridgehead atoms. The molecule has 2 aromatic carbocycles. The van der Waals surface area contributed by atoms with Crippen LogP contribution >= 0.6 is 23.2 Å². The largest absolute Gasteiger partial charge is 0.398 e. The summed E-state index contributed by atoms with van der Waals surface area (Å²) in [6.07, 6.45) is 0. The van der Waals surface area contributed by atoms with Gasteiger partial charge in [0.1, 0.15) is 7.11 Å². The first-order valence-corrected chi connectivity index (χ1v) is 7.33. The lowest BCUT2D eigenvalue weighted by molar-refractivity contribution is -0.112. The van der Waals surface area contributed by atoms with Gasteiger partial charge in [0.25, 0.3) is 5.91 Å². The highest BCUT2D eigenvalue weighted by molar-refractivity contribution is 6.54. The minimum Gasteiger partial charge on any atom is -0.398 e. The van der Waals surface area contributed by atoms with Crippen LogP contribution < -0.4 is 4.90 Å². The van der Waals surface area contributed by atoms with E-state index in [2.05, 4.69) is 5.16 Å². The fourth-order valence-electron chi connectivity index (χ4n) is 2.42. The molecule has 0 saturated carbocycles. The summed E-state index contributed by atoms with van der Waals surface area (Å²) in [7, 11) is 1.42. The average molecular weight is 335 g/mol. The van der Waals surface area contributed by atoms with Gasteiger partial charge < -0.3 is 9.74 Å². The minimum absolute atomic E-state index is 0.214. The molecular formula is C16H12Cl2N2O2. The summed E-state index contributed by atoms with van der Waals surface area (Å²) in [5.74, 6) is -0.214. The van der Waals surface area contributed by atoms with E-state index in [4.69, 9.17) is 28.0 Å². The zero-order chi connectivity index (χ0) is 15.7. The molecule has 2 aromatic rings. The fraction of sp³-hybridized carbons (Fsp3) is 0.125. The molecule has 0 spiro atoms. The molecular weight excluding hydrogens is 323 g/mol. The van der Waals surface area contributed by atoms with Crippen molar-refractivity contribution in [2.45, 2.75) is 6.54 Å². The van der Waals surface area contributed by atoms with Crippen molar-refractivity contribution in [3.05, 3.63) is 63.6 Å². The fourth-order valence-corrected chi connectivity index (χ4v) is 2.89. The van der Waals surface area contributed by atoms with Gasteiger partial charge in [0, 0.05) is 15.6 Å². The van der Waals surface area contributed by atoms with Crippen LogP contribution in [0.3, 0.4) is 0 Å². The number of amides is 1. The van der Waals surface area contributed by atoms with Gasteiger partial charge in [-0.25, -0.2) is 0 Å². The van der Waals surface area contributed by atoms with E-state index in [1.165, 1.54) is 7.11 Å². The molecule has 0 unspecified atom stereocenters. The second kappa shape index (κ2) is 5.99. The normalized spacial score (nSPS) is 15.3. The van der Waals surface area contributed by atoms with E-state index in [1.807, 2.05) is 30.3 Å². The van der Waals surface area contributed by atoms with Gasteiger partial charge in [-0.2, -0.15) is 0 Å². The summed E-state index contributed by atoms with van der Waals surface area (Å²) in [5, 5.41) is 4.93. The Labute approximate surface area is 137 Å². The summed E-state index contributed by atoms with van der Waals surface area (Å²) in [6.45, 7) is 0.342. The molecule has 4 nitrogen and oxygen atoms in total. The lowest BCUT2D eigenvalue weighted by atomic mass is 10.1. The monoisotopic (exact) mass is 334 g/mol. The number of nitrogens with zero attached hydrogens (tertiary/aromatic N) is 2. The second-order valence-corrected chi connectivity index (χ2v) is 5.61. The number of hydrogen-bond acceptors (Lipinski definition) is 3. The topological polar surface area (TPSA) is 41.9 Å². The molecule has 3 rings (SSSR count). The third kappa shape index (κ3) is 2.56. The maximum absolute atomic E-state index is 12.6. The molecule has 112 valence electrons. The maximum Gasteiger partial charge on any atom is 0.281 e. The van der Waals surface area contributed by atoms with Crippen molar-refractivity contribution in [2.24, 2.45) is 5.16 Å². The zero-order valence-electron chi connectivity index (χ0n) is 11.7. The molecule has 0 atom stereocenters. The van der Waals surface area contributed by atoms with Crippen LogP contribution in [-0.2, 0) is 16.2 Å². The third-order valence-corrected chi connectivity index (χ3v) is 4.01. The lowest BCUT2D eigenvalue weighted by Crippen LogP contribution is -2.29. The Hall–Kier alpha value is -2.04. The van der Waals surface area contributed by atoms with Crippen molar-refractivity contribution in [1.82, 2.24) is 0 Å². The predicted molar refractivity (Wildman–Crippen MR) is 87.6 cm³/mol. The summed E-state index contributed by atoms with van der Waals surface area (Å²) >= 11 is 12.1. The minimum atomic E-state index is -0.214.